The van der Waals surface area contributed by atoms with E-state index in [1.54, 1.807) is 24.5 Å². The highest BCUT2D eigenvalue weighted by molar-refractivity contribution is 6.14. The van der Waals surface area contributed by atoms with E-state index in [1.165, 1.54) is 24.3 Å². The molecule has 0 spiro atoms. The van der Waals surface area contributed by atoms with Crippen molar-refractivity contribution < 1.29 is 14.0 Å². The molecule has 30 heavy (non-hydrogen) atoms. The third kappa shape index (κ3) is 4.10. The second kappa shape index (κ2) is 8.24. The predicted molar refractivity (Wildman–Crippen MR) is 111 cm³/mol. The van der Waals surface area contributed by atoms with Crippen molar-refractivity contribution in [2.75, 3.05) is 0 Å². The molecule has 0 fully saturated rings. The van der Waals surface area contributed by atoms with Gasteiger partial charge in [0.05, 0.1) is 12.6 Å². The van der Waals surface area contributed by atoms with Crippen LogP contribution in [0.4, 0.5) is 4.39 Å². The summed E-state index contributed by atoms with van der Waals surface area (Å²) in [6.07, 6.45) is 3.36. The van der Waals surface area contributed by atoms with Gasteiger partial charge in [-0.25, -0.2) is 4.39 Å². The van der Waals surface area contributed by atoms with Gasteiger partial charge in [-0.1, -0.05) is 6.07 Å². The SMILES string of the molecule is CC(NC(=O)c1ccc2c(c1)C(NC(=O)c1ccc(F)cc1)=NC2)c1ccncc1. The Hall–Kier alpha value is -3.87. The van der Waals surface area contributed by atoms with E-state index in [0.717, 1.165) is 11.1 Å². The molecule has 0 aliphatic carbocycles. The lowest BCUT2D eigenvalue weighted by Gasteiger charge is -2.15. The minimum Gasteiger partial charge on any atom is -0.346 e. The fourth-order valence-corrected chi connectivity index (χ4v) is 3.23. The van der Waals surface area contributed by atoms with Gasteiger partial charge in [0, 0.05) is 29.1 Å². The second-order valence-corrected chi connectivity index (χ2v) is 6.97. The van der Waals surface area contributed by atoms with Crippen LogP contribution in [0.5, 0.6) is 0 Å². The van der Waals surface area contributed by atoms with Crippen molar-refractivity contribution in [2.45, 2.75) is 19.5 Å². The molecule has 1 unspecified atom stereocenters. The Morgan fingerprint density at radius 2 is 1.67 bits per heavy atom. The molecule has 2 aromatic carbocycles. The maximum atomic E-state index is 13.1. The summed E-state index contributed by atoms with van der Waals surface area (Å²) in [5, 5.41) is 5.71. The van der Waals surface area contributed by atoms with Crippen molar-refractivity contribution in [3.8, 4) is 0 Å². The second-order valence-electron chi connectivity index (χ2n) is 6.97. The smallest absolute Gasteiger partial charge is 0.256 e. The number of aliphatic imine (C=N–C) groups is 1. The first-order chi connectivity index (χ1) is 14.5. The van der Waals surface area contributed by atoms with E-state index in [-0.39, 0.29) is 17.9 Å². The van der Waals surface area contributed by atoms with E-state index >= 15 is 0 Å². The van der Waals surface area contributed by atoms with E-state index in [1.807, 2.05) is 25.1 Å². The first-order valence-electron chi connectivity index (χ1n) is 9.47. The van der Waals surface area contributed by atoms with Crippen molar-refractivity contribution in [3.05, 3.63) is 101 Å². The zero-order valence-corrected chi connectivity index (χ0v) is 16.2. The maximum Gasteiger partial charge on any atom is 0.256 e. The monoisotopic (exact) mass is 402 g/mol. The topological polar surface area (TPSA) is 83.5 Å². The van der Waals surface area contributed by atoms with Gasteiger partial charge in [0.1, 0.15) is 11.7 Å². The number of hydrogen-bond donors (Lipinski definition) is 2. The zero-order chi connectivity index (χ0) is 21.1. The van der Waals surface area contributed by atoms with Gasteiger partial charge in [0.15, 0.2) is 0 Å². The normalized spacial score (nSPS) is 13.2. The molecule has 6 nitrogen and oxygen atoms in total. The molecule has 0 saturated heterocycles. The molecule has 0 saturated carbocycles. The van der Waals surface area contributed by atoms with Crippen LogP contribution in [0, 0.1) is 5.82 Å². The Morgan fingerprint density at radius 3 is 2.40 bits per heavy atom. The van der Waals surface area contributed by atoms with Crippen LogP contribution in [0.3, 0.4) is 0 Å². The Kier molecular flexibility index (Phi) is 5.34. The molecular formula is C23H19FN4O2. The summed E-state index contributed by atoms with van der Waals surface area (Å²) in [7, 11) is 0. The predicted octanol–water partition coefficient (Wildman–Crippen LogP) is 3.40. The van der Waals surface area contributed by atoms with Crippen molar-refractivity contribution in [1.29, 1.82) is 0 Å². The Bertz CT molecular complexity index is 1130. The van der Waals surface area contributed by atoms with Gasteiger partial charge in [0.2, 0.25) is 0 Å². The van der Waals surface area contributed by atoms with Gasteiger partial charge in [-0.15, -0.1) is 0 Å². The molecule has 4 rings (SSSR count). The number of rotatable bonds is 4. The lowest BCUT2D eigenvalue weighted by molar-refractivity contribution is 0.0938. The first-order valence-corrected chi connectivity index (χ1v) is 9.47. The number of amides is 2. The average molecular weight is 402 g/mol. The molecule has 0 bridgehead atoms. The Labute approximate surface area is 172 Å². The van der Waals surface area contributed by atoms with E-state index < -0.39 is 5.82 Å². The summed E-state index contributed by atoms with van der Waals surface area (Å²) in [5.41, 5.74) is 3.37. The molecule has 1 aliphatic heterocycles. The number of aromatic nitrogens is 1. The number of amidine groups is 1. The number of hydrogen-bond acceptors (Lipinski definition) is 4. The van der Waals surface area contributed by atoms with E-state index in [9.17, 15) is 14.0 Å². The Morgan fingerprint density at radius 1 is 0.967 bits per heavy atom. The van der Waals surface area contributed by atoms with Gasteiger partial charge < -0.3 is 10.6 Å². The van der Waals surface area contributed by atoms with Gasteiger partial charge in [-0.3, -0.25) is 19.6 Å². The number of carbonyl (C=O) groups is 2. The number of fused-ring (bicyclic) bond motifs is 1. The quantitative estimate of drug-likeness (QED) is 0.702. The lowest BCUT2D eigenvalue weighted by atomic mass is 10.0. The van der Waals surface area contributed by atoms with Crippen molar-refractivity contribution in [1.82, 2.24) is 15.6 Å². The number of halogens is 1. The number of benzene rings is 2. The number of pyridine rings is 1. The third-order valence-corrected chi connectivity index (χ3v) is 4.93. The van der Waals surface area contributed by atoms with Crippen LogP contribution < -0.4 is 10.6 Å². The van der Waals surface area contributed by atoms with Gasteiger partial charge in [0.25, 0.3) is 11.8 Å². The molecular weight excluding hydrogens is 383 g/mol. The van der Waals surface area contributed by atoms with E-state index in [2.05, 4.69) is 20.6 Å². The Balaban J connectivity index is 1.49. The average Bonchev–Trinajstić information content (AvgIpc) is 3.16. The summed E-state index contributed by atoms with van der Waals surface area (Å²) in [6.45, 7) is 2.32. The molecule has 0 radical (unpaired) electrons. The maximum absolute atomic E-state index is 13.1. The highest BCUT2D eigenvalue weighted by Crippen LogP contribution is 2.21. The van der Waals surface area contributed by atoms with Crippen LogP contribution in [0.15, 0.2) is 72.0 Å². The van der Waals surface area contributed by atoms with Gasteiger partial charge in [-0.05, 0) is 66.6 Å². The first kappa shape index (κ1) is 19.4. The van der Waals surface area contributed by atoms with Crippen molar-refractivity contribution in [3.63, 3.8) is 0 Å². The largest absolute Gasteiger partial charge is 0.346 e. The standard InChI is InChI=1S/C23H19FN4O2/c1-14(15-8-10-25-11-9-15)27-23(30)17-2-3-18-13-26-21(20(18)12-17)28-22(29)16-4-6-19(24)7-5-16/h2-12,14H,13H2,1H3,(H,27,30)(H,26,28,29). The molecule has 3 aromatic rings. The fourth-order valence-electron chi connectivity index (χ4n) is 3.23. The molecule has 2 heterocycles. The number of nitrogens with one attached hydrogen (secondary N) is 2. The molecule has 2 N–H and O–H groups in total. The van der Waals surface area contributed by atoms with Crippen molar-refractivity contribution >= 4 is 17.6 Å². The van der Waals surface area contributed by atoms with Crippen molar-refractivity contribution in [2.24, 2.45) is 4.99 Å². The molecule has 1 aromatic heterocycles. The molecule has 2 amide bonds. The molecule has 1 aliphatic rings. The number of nitrogens with zero attached hydrogens (tertiary/aromatic N) is 2. The summed E-state index contributed by atoms with van der Waals surface area (Å²) in [5.74, 6) is -0.621. The summed E-state index contributed by atoms with van der Waals surface area (Å²) >= 11 is 0. The van der Waals surface area contributed by atoms with Gasteiger partial charge >= 0.3 is 0 Å². The van der Waals surface area contributed by atoms with Crippen LogP contribution >= 0.6 is 0 Å². The zero-order valence-electron chi connectivity index (χ0n) is 16.2. The summed E-state index contributed by atoms with van der Waals surface area (Å²) < 4.78 is 13.1. The lowest BCUT2D eigenvalue weighted by Crippen LogP contribution is -2.31. The summed E-state index contributed by atoms with van der Waals surface area (Å²) in [6, 6.07) is 14.1. The van der Waals surface area contributed by atoms with Crippen LogP contribution in [0.25, 0.3) is 0 Å². The van der Waals surface area contributed by atoms with Gasteiger partial charge in [-0.2, -0.15) is 0 Å². The van der Waals surface area contributed by atoms with E-state index in [4.69, 9.17) is 0 Å². The summed E-state index contributed by atoms with van der Waals surface area (Å²) in [4.78, 5) is 33.5. The molecule has 150 valence electrons. The number of carbonyl (C=O) groups excluding carboxylic acids is 2. The molecule has 1 atom stereocenters. The van der Waals surface area contributed by atoms with Crippen LogP contribution in [0.2, 0.25) is 0 Å². The highest BCUT2D eigenvalue weighted by atomic mass is 19.1. The molecule has 7 heteroatoms. The minimum absolute atomic E-state index is 0.180. The minimum atomic E-state index is -0.410. The van der Waals surface area contributed by atoms with E-state index in [0.29, 0.717) is 29.1 Å². The van der Waals surface area contributed by atoms with Crippen LogP contribution in [0.1, 0.15) is 50.4 Å². The van der Waals surface area contributed by atoms with Crippen LogP contribution in [-0.2, 0) is 6.54 Å². The third-order valence-electron chi connectivity index (χ3n) is 4.93. The fraction of sp³-hybridized carbons (Fsp3) is 0.130. The highest BCUT2D eigenvalue weighted by Gasteiger charge is 2.21. The van der Waals surface area contributed by atoms with Crippen LogP contribution in [-0.4, -0.2) is 22.6 Å².